The van der Waals surface area contributed by atoms with Gasteiger partial charge in [-0.3, -0.25) is 9.29 Å². The quantitative estimate of drug-likeness (QED) is 0.932. The van der Waals surface area contributed by atoms with Gasteiger partial charge < -0.3 is 5.11 Å². The van der Waals surface area contributed by atoms with E-state index in [0.717, 1.165) is 15.6 Å². The third-order valence-corrected chi connectivity index (χ3v) is 6.17. The molecule has 20 heavy (non-hydrogen) atoms. The molecule has 0 fully saturated rings. The molecule has 2 aromatic heterocycles. The largest absolute Gasteiger partial charge is 0.477 e. The molecule has 106 valence electrons. The Hall–Kier alpha value is -1.93. The fourth-order valence-electron chi connectivity index (χ4n) is 1.61. The monoisotopic (exact) mass is 312 g/mol. The van der Waals surface area contributed by atoms with E-state index < -0.39 is 16.0 Å². The molecule has 0 aliphatic rings. The van der Waals surface area contributed by atoms with Crippen molar-refractivity contribution < 1.29 is 18.3 Å². The van der Waals surface area contributed by atoms with Crippen LogP contribution in [0.2, 0.25) is 0 Å². The summed E-state index contributed by atoms with van der Waals surface area (Å²) in [6.07, 6.45) is 2.97. The summed E-state index contributed by atoms with van der Waals surface area (Å²) >= 11 is 0.748. The van der Waals surface area contributed by atoms with Crippen LogP contribution in [0.15, 0.2) is 34.8 Å². The summed E-state index contributed by atoms with van der Waals surface area (Å²) in [5, 5.41) is 8.99. The number of sulfonamides is 1. The zero-order chi connectivity index (χ0) is 14.9. The molecule has 0 saturated heterocycles. The Kier molecular flexibility index (Phi) is 3.78. The molecule has 0 aliphatic heterocycles. The molecule has 0 atom stereocenters. The van der Waals surface area contributed by atoms with Crippen molar-refractivity contribution in [2.45, 2.75) is 11.1 Å². The molecular weight excluding hydrogens is 300 g/mol. The van der Waals surface area contributed by atoms with Crippen LogP contribution in [0, 0.1) is 6.92 Å². The van der Waals surface area contributed by atoms with Gasteiger partial charge in [0.05, 0.1) is 11.9 Å². The van der Waals surface area contributed by atoms with Crippen LogP contribution in [0.3, 0.4) is 0 Å². The van der Waals surface area contributed by atoms with Crippen LogP contribution in [0.5, 0.6) is 0 Å². The number of aromatic nitrogens is 1. The summed E-state index contributed by atoms with van der Waals surface area (Å²) in [6, 6.07) is 4.61. The van der Waals surface area contributed by atoms with Gasteiger partial charge in [0.2, 0.25) is 0 Å². The molecule has 0 unspecified atom stereocenters. The lowest BCUT2D eigenvalue weighted by atomic mass is 10.3. The maximum Gasteiger partial charge on any atom is 0.346 e. The number of anilines is 1. The summed E-state index contributed by atoms with van der Waals surface area (Å²) in [5.74, 6) is -1.13. The van der Waals surface area contributed by atoms with Crippen LogP contribution in [-0.4, -0.2) is 31.5 Å². The minimum Gasteiger partial charge on any atom is -0.477 e. The zero-order valence-electron chi connectivity index (χ0n) is 10.8. The Morgan fingerprint density at radius 1 is 1.45 bits per heavy atom. The average Bonchev–Trinajstić information content (AvgIpc) is 2.82. The second-order valence-electron chi connectivity index (χ2n) is 4.07. The van der Waals surface area contributed by atoms with E-state index in [0.29, 0.717) is 11.3 Å². The normalized spacial score (nSPS) is 11.3. The molecule has 0 radical (unpaired) electrons. The lowest BCUT2D eigenvalue weighted by molar-refractivity contribution is 0.0701. The van der Waals surface area contributed by atoms with Crippen molar-refractivity contribution in [3.8, 4) is 0 Å². The van der Waals surface area contributed by atoms with Gasteiger partial charge in [0.25, 0.3) is 10.0 Å². The van der Waals surface area contributed by atoms with E-state index in [4.69, 9.17) is 5.11 Å². The van der Waals surface area contributed by atoms with Gasteiger partial charge in [-0.1, -0.05) is 0 Å². The van der Waals surface area contributed by atoms with Gasteiger partial charge in [0.1, 0.15) is 9.09 Å². The van der Waals surface area contributed by atoms with Crippen LogP contribution in [0.1, 0.15) is 15.2 Å². The van der Waals surface area contributed by atoms with Crippen LogP contribution in [0.25, 0.3) is 0 Å². The van der Waals surface area contributed by atoms with Crippen molar-refractivity contribution in [2.24, 2.45) is 0 Å². The molecule has 0 saturated carbocycles. The molecular formula is C12H12N2O4S2. The molecule has 0 spiro atoms. The number of carboxylic acids is 1. The molecule has 0 amide bonds. The Labute approximate surface area is 120 Å². The number of pyridine rings is 1. The van der Waals surface area contributed by atoms with Gasteiger partial charge in [-0.15, -0.1) is 11.3 Å². The Bertz CT molecular complexity index is 738. The summed E-state index contributed by atoms with van der Waals surface area (Å²) in [6.45, 7) is 1.57. The smallest absolute Gasteiger partial charge is 0.346 e. The second kappa shape index (κ2) is 5.22. The van der Waals surface area contributed by atoms with Gasteiger partial charge in [-0.05, 0) is 30.7 Å². The SMILES string of the molecule is Cc1cc(S(=O)(=O)N(C)c2cccnc2)sc1C(=O)O. The summed E-state index contributed by atoms with van der Waals surface area (Å²) < 4.78 is 26.0. The van der Waals surface area contributed by atoms with Gasteiger partial charge in [-0.25, -0.2) is 13.2 Å². The maximum atomic E-state index is 12.4. The average molecular weight is 312 g/mol. The lowest BCUT2D eigenvalue weighted by Gasteiger charge is -2.17. The van der Waals surface area contributed by atoms with Gasteiger partial charge in [-0.2, -0.15) is 0 Å². The number of carboxylic acid groups (broad SMARTS) is 1. The predicted molar refractivity (Wildman–Crippen MR) is 75.8 cm³/mol. The second-order valence-corrected chi connectivity index (χ2v) is 7.31. The minimum absolute atomic E-state index is 0.00115. The third kappa shape index (κ3) is 2.52. The maximum absolute atomic E-state index is 12.4. The van der Waals surface area contributed by atoms with Gasteiger partial charge in [0.15, 0.2) is 0 Å². The van der Waals surface area contributed by atoms with Crippen molar-refractivity contribution in [3.63, 3.8) is 0 Å². The van der Waals surface area contributed by atoms with E-state index in [1.54, 1.807) is 25.3 Å². The van der Waals surface area contributed by atoms with E-state index in [1.807, 2.05) is 0 Å². The molecule has 0 aromatic carbocycles. The molecule has 2 rings (SSSR count). The topological polar surface area (TPSA) is 87.6 Å². The first-order valence-electron chi connectivity index (χ1n) is 5.56. The first-order valence-corrected chi connectivity index (χ1v) is 7.82. The van der Waals surface area contributed by atoms with Crippen molar-refractivity contribution in [3.05, 3.63) is 41.0 Å². The molecule has 2 heterocycles. The number of thiophene rings is 1. The first-order chi connectivity index (χ1) is 9.34. The van der Waals surface area contributed by atoms with E-state index in [1.165, 1.54) is 19.3 Å². The fourth-order valence-corrected chi connectivity index (χ4v) is 4.34. The van der Waals surface area contributed by atoms with Gasteiger partial charge >= 0.3 is 5.97 Å². The molecule has 6 nitrogen and oxygen atoms in total. The highest BCUT2D eigenvalue weighted by molar-refractivity contribution is 7.94. The molecule has 1 N–H and O–H groups in total. The van der Waals surface area contributed by atoms with Crippen molar-refractivity contribution >= 4 is 33.0 Å². The first kappa shape index (κ1) is 14.5. The lowest BCUT2D eigenvalue weighted by Crippen LogP contribution is -2.25. The number of hydrogen-bond donors (Lipinski definition) is 1. The number of aryl methyl sites for hydroxylation is 1. The van der Waals surface area contributed by atoms with Crippen molar-refractivity contribution in [2.75, 3.05) is 11.4 Å². The third-order valence-electron chi connectivity index (χ3n) is 2.71. The molecule has 0 aliphatic carbocycles. The summed E-state index contributed by atoms with van der Waals surface area (Å²) in [4.78, 5) is 14.9. The molecule has 8 heteroatoms. The highest BCUT2D eigenvalue weighted by Crippen LogP contribution is 2.29. The summed E-state index contributed by atoms with van der Waals surface area (Å²) in [5.41, 5.74) is 0.844. The minimum atomic E-state index is -3.78. The van der Waals surface area contributed by atoms with E-state index in [9.17, 15) is 13.2 Å². The Morgan fingerprint density at radius 3 is 2.65 bits per heavy atom. The van der Waals surface area contributed by atoms with E-state index in [2.05, 4.69) is 4.98 Å². The van der Waals surface area contributed by atoms with Crippen molar-refractivity contribution in [1.29, 1.82) is 0 Å². The van der Waals surface area contributed by atoms with Crippen LogP contribution >= 0.6 is 11.3 Å². The number of aromatic carboxylic acids is 1. The molecule has 2 aromatic rings. The van der Waals surface area contributed by atoms with E-state index >= 15 is 0 Å². The van der Waals surface area contributed by atoms with E-state index in [-0.39, 0.29) is 9.09 Å². The Balaban J connectivity index is 2.46. The molecule has 0 bridgehead atoms. The predicted octanol–water partition coefficient (Wildman–Crippen LogP) is 1.97. The van der Waals surface area contributed by atoms with Crippen LogP contribution in [-0.2, 0) is 10.0 Å². The fraction of sp³-hybridized carbons (Fsp3) is 0.167. The zero-order valence-corrected chi connectivity index (χ0v) is 12.4. The Morgan fingerprint density at radius 2 is 2.15 bits per heavy atom. The highest BCUT2D eigenvalue weighted by Gasteiger charge is 2.26. The van der Waals surface area contributed by atoms with Crippen LogP contribution < -0.4 is 4.31 Å². The van der Waals surface area contributed by atoms with Crippen LogP contribution in [0.4, 0.5) is 5.69 Å². The number of rotatable bonds is 4. The number of carbonyl (C=O) groups is 1. The van der Waals surface area contributed by atoms with Gasteiger partial charge in [0, 0.05) is 13.2 Å². The number of hydrogen-bond acceptors (Lipinski definition) is 5. The highest BCUT2D eigenvalue weighted by atomic mass is 32.2. The standard InChI is InChI=1S/C12H12N2O4S2/c1-8-6-10(19-11(8)12(15)16)20(17,18)14(2)9-4-3-5-13-7-9/h3-7H,1-2H3,(H,15,16). The summed E-state index contributed by atoms with van der Waals surface area (Å²) in [7, 11) is -2.37. The van der Waals surface area contributed by atoms with Crippen molar-refractivity contribution in [1.82, 2.24) is 4.98 Å². The number of nitrogens with zero attached hydrogens (tertiary/aromatic N) is 2.